The van der Waals surface area contributed by atoms with Crippen molar-refractivity contribution in [2.24, 2.45) is 0 Å². The number of para-hydroxylation sites is 1. The van der Waals surface area contributed by atoms with Crippen molar-refractivity contribution in [3.05, 3.63) is 30.1 Å². The zero-order valence-electron chi connectivity index (χ0n) is 10.5. The molecule has 96 valence electrons. The van der Waals surface area contributed by atoms with Crippen LogP contribution in [0.1, 0.15) is 24.6 Å². The van der Waals surface area contributed by atoms with Crippen LogP contribution in [0.4, 0.5) is 5.69 Å². The first-order valence-electron chi connectivity index (χ1n) is 6.36. The van der Waals surface area contributed by atoms with Gasteiger partial charge in [-0.3, -0.25) is 0 Å². The van der Waals surface area contributed by atoms with Crippen LogP contribution in [0.5, 0.6) is 0 Å². The molecule has 0 saturated heterocycles. The molecular weight excluding hydrogens is 258 g/mol. The summed E-state index contributed by atoms with van der Waals surface area (Å²) in [5, 5.41) is 17.3. The molecule has 1 aromatic carbocycles. The summed E-state index contributed by atoms with van der Waals surface area (Å²) >= 11 is 1.58. The molecule has 4 rings (SSSR count). The minimum atomic E-state index is 0.560. The van der Waals surface area contributed by atoms with Gasteiger partial charge in [-0.25, -0.2) is 0 Å². The van der Waals surface area contributed by atoms with Crippen LogP contribution >= 0.6 is 11.3 Å². The fourth-order valence-corrected chi connectivity index (χ4v) is 3.11. The highest BCUT2D eigenvalue weighted by Crippen LogP contribution is 2.40. The van der Waals surface area contributed by atoms with Crippen molar-refractivity contribution in [1.29, 1.82) is 0 Å². The second-order valence-electron chi connectivity index (χ2n) is 4.73. The molecule has 5 nitrogen and oxygen atoms in total. The first-order chi connectivity index (χ1) is 9.36. The Labute approximate surface area is 114 Å². The van der Waals surface area contributed by atoms with Crippen molar-refractivity contribution in [1.82, 2.24) is 19.8 Å². The molecule has 1 saturated carbocycles. The first kappa shape index (κ1) is 10.9. The van der Waals surface area contributed by atoms with E-state index < -0.39 is 0 Å². The molecule has 0 bridgehead atoms. The lowest BCUT2D eigenvalue weighted by atomic mass is 10.2. The lowest BCUT2D eigenvalue weighted by Crippen LogP contribution is -1.95. The van der Waals surface area contributed by atoms with Crippen LogP contribution in [0, 0.1) is 0 Å². The van der Waals surface area contributed by atoms with E-state index in [4.69, 9.17) is 0 Å². The maximum Gasteiger partial charge on any atom is 0.234 e. The average molecular weight is 271 g/mol. The monoisotopic (exact) mass is 271 g/mol. The Kier molecular flexibility index (Phi) is 2.32. The third-order valence-electron chi connectivity index (χ3n) is 3.38. The van der Waals surface area contributed by atoms with E-state index in [0.29, 0.717) is 5.92 Å². The Bertz CT molecular complexity index is 740. The summed E-state index contributed by atoms with van der Waals surface area (Å²) in [6.45, 7) is 0. The van der Waals surface area contributed by atoms with Crippen molar-refractivity contribution < 1.29 is 0 Å². The third-order valence-corrected chi connectivity index (χ3v) is 4.32. The predicted octanol–water partition coefficient (Wildman–Crippen LogP) is 2.77. The van der Waals surface area contributed by atoms with E-state index in [1.54, 1.807) is 11.3 Å². The summed E-state index contributed by atoms with van der Waals surface area (Å²) in [7, 11) is 1.93. The summed E-state index contributed by atoms with van der Waals surface area (Å²) in [6.07, 6.45) is 2.42. The van der Waals surface area contributed by atoms with Crippen LogP contribution in [0.2, 0.25) is 0 Å². The Hall–Kier alpha value is -1.95. The van der Waals surface area contributed by atoms with Gasteiger partial charge in [0.2, 0.25) is 4.96 Å². The van der Waals surface area contributed by atoms with E-state index in [2.05, 4.69) is 32.7 Å². The average Bonchev–Trinajstić information content (AvgIpc) is 3.08. The van der Waals surface area contributed by atoms with E-state index in [1.807, 2.05) is 23.7 Å². The quantitative estimate of drug-likeness (QED) is 0.796. The fraction of sp³-hybridized carbons (Fsp3) is 0.308. The van der Waals surface area contributed by atoms with Gasteiger partial charge in [-0.05, 0) is 25.0 Å². The standard InChI is InChI=1S/C13H13N5S/c1-14-10-5-3-2-4-9(10)12-17-18-11(8-6-7-8)15-16-13(18)19-12/h2-5,8,14H,6-7H2,1H3. The van der Waals surface area contributed by atoms with Gasteiger partial charge >= 0.3 is 0 Å². The topological polar surface area (TPSA) is 55.1 Å². The van der Waals surface area contributed by atoms with Crippen LogP contribution in [0.25, 0.3) is 15.5 Å². The first-order valence-corrected chi connectivity index (χ1v) is 7.18. The van der Waals surface area contributed by atoms with Crippen LogP contribution < -0.4 is 5.32 Å². The second kappa shape index (κ2) is 4.03. The van der Waals surface area contributed by atoms with E-state index in [-0.39, 0.29) is 0 Å². The number of rotatable bonds is 3. The molecule has 0 aliphatic heterocycles. The van der Waals surface area contributed by atoms with Gasteiger partial charge in [-0.1, -0.05) is 23.5 Å². The van der Waals surface area contributed by atoms with Gasteiger partial charge < -0.3 is 5.32 Å². The van der Waals surface area contributed by atoms with Crippen LogP contribution in [-0.2, 0) is 0 Å². The van der Waals surface area contributed by atoms with Gasteiger partial charge in [0.15, 0.2) is 5.82 Å². The molecule has 1 N–H and O–H groups in total. The number of anilines is 1. The molecule has 2 heterocycles. The van der Waals surface area contributed by atoms with E-state index in [1.165, 1.54) is 12.8 Å². The lowest BCUT2D eigenvalue weighted by Gasteiger charge is -2.04. The largest absolute Gasteiger partial charge is 0.388 e. The number of hydrogen-bond donors (Lipinski definition) is 1. The molecule has 0 atom stereocenters. The maximum atomic E-state index is 4.68. The van der Waals surface area contributed by atoms with Crippen molar-refractivity contribution in [3.63, 3.8) is 0 Å². The number of aromatic nitrogens is 4. The Balaban J connectivity index is 1.86. The molecule has 6 heteroatoms. The number of nitrogens with one attached hydrogen (secondary N) is 1. The smallest absolute Gasteiger partial charge is 0.234 e. The highest BCUT2D eigenvalue weighted by atomic mass is 32.1. The van der Waals surface area contributed by atoms with Crippen molar-refractivity contribution in [2.75, 3.05) is 12.4 Å². The van der Waals surface area contributed by atoms with Crippen LogP contribution in [-0.4, -0.2) is 26.9 Å². The SMILES string of the molecule is CNc1ccccc1-c1nn2c(C3CC3)nnc2s1. The van der Waals surface area contributed by atoms with Gasteiger partial charge in [0.1, 0.15) is 5.01 Å². The number of fused-ring (bicyclic) bond motifs is 1. The van der Waals surface area contributed by atoms with Crippen molar-refractivity contribution >= 4 is 22.0 Å². The third kappa shape index (κ3) is 1.71. The molecule has 1 fully saturated rings. The Morgan fingerprint density at radius 1 is 1.26 bits per heavy atom. The highest BCUT2D eigenvalue weighted by molar-refractivity contribution is 7.19. The molecule has 19 heavy (non-hydrogen) atoms. The molecule has 2 aromatic heterocycles. The van der Waals surface area contributed by atoms with Gasteiger partial charge in [0, 0.05) is 24.2 Å². The Morgan fingerprint density at radius 3 is 2.89 bits per heavy atom. The molecule has 0 unspecified atom stereocenters. The summed E-state index contributed by atoms with van der Waals surface area (Å²) in [6, 6.07) is 8.18. The minimum Gasteiger partial charge on any atom is -0.388 e. The minimum absolute atomic E-state index is 0.560. The maximum absolute atomic E-state index is 4.68. The summed E-state index contributed by atoms with van der Waals surface area (Å²) < 4.78 is 1.91. The molecule has 3 aromatic rings. The van der Waals surface area contributed by atoms with Gasteiger partial charge in [-0.15, -0.1) is 10.2 Å². The second-order valence-corrected chi connectivity index (χ2v) is 5.69. The van der Waals surface area contributed by atoms with Gasteiger partial charge in [0.25, 0.3) is 0 Å². The van der Waals surface area contributed by atoms with Gasteiger partial charge in [-0.2, -0.15) is 9.61 Å². The molecule has 0 radical (unpaired) electrons. The summed E-state index contributed by atoms with van der Waals surface area (Å²) in [5.41, 5.74) is 2.20. The van der Waals surface area contributed by atoms with Crippen LogP contribution in [0.3, 0.4) is 0 Å². The summed E-state index contributed by atoms with van der Waals surface area (Å²) in [4.78, 5) is 0.878. The normalized spacial score (nSPS) is 15.0. The van der Waals surface area contributed by atoms with Crippen molar-refractivity contribution in [2.45, 2.75) is 18.8 Å². The number of hydrogen-bond acceptors (Lipinski definition) is 5. The Morgan fingerprint density at radius 2 is 2.11 bits per heavy atom. The van der Waals surface area contributed by atoms with Gasteiger partial charge in [0.05, 0.1) is 0 Å². The summed E-state index contributed by atoms with van der Waals surface area (Å²) in [5.74, 6) is 1.57. The fourth-order valence-electron chi connectivity index (χ4n) is 2.22. The number of benzene rings is 1. The van der Waals surface area contributed by atoms with E-state index in [9.17, 15) is 0 Å². The molecule has 1 aliphatic carbocycles. The van der Waals surface area contributed by atoms with Crippen LogP contribution in [0.15, 0.2) is 24.3 Å². The molecule has 0 amide bonds. The zero-order valence-corrected chi connectivity index (χ0v) is 11.3. The predicted molar refractivity (Wildman–Crippen MR) is 75.6 cm³/mol. The van der Waals surface area contributed by atoms with E-state index in [0.717, 1.165) is 27.0 Å². The zero-order chi connectivity index (χ0) is 12.8. The molecule has 0 spiro atoms. The lowest BCUT2D eigenvalue weighted by molar-refractivity contribution is 0.828. The number of nitrogens with zero attached hydrogens (tertiary/aromatic N) is 4. The molecular formula is C13H13N5S. The highest BCUT2D eigenvalue weighted by Gasteiger charge is 2.30. The molecule has 1 aliphatic rings. The van der Waals surface area contributed by atoms with Crippen molar-refractivity contribution in [3.8, 4) is 10.6 Å². The van der Waals surface area contributed by atoms with E-state index >= 15 is 0 Å².